The molecule has 0 N–H and O–H groups in total. The van der Waals surface area contributed by atoms with E-state index < -0.39 is 0 Å². The lowest BCUT2D eigenvalue weighted by atomic mass is 9.80. The second-order valence-electron chi connectivity index (χ2n) is 15.3. The van der Waals surface area contributed by atoms with Gasteiger partial charge in [-0.1, -0.05) is 129 Å². The van der Waals surface area contributed by atoms with E-state index in [2.05, 4.69) is 159 Å². The third-order valence-electron chi connectivity index (χ3n) is 12.1. The summed E-state index contributed by atoms with van der Waals surface area (Å²) < 4.78 is 6.81. The van der Waals surface area contributed by atoms with E-state index in [9.17, 15) is 0 Å². The van der Waals surface area contributed by atoms with Crippen LogP contribution in [-0.4, -0.2) is 9.97 Å². The predicted octanol–water partition coefficient (Wildman–Crippen LogP) is 13.8. The molecule has 0 radical (unpaired) electrons. The van der Waals surface area contributed by atoms with Crippen LogP contribution in [-0.2, 0) is 5.41 Å². The number of benzene rings is 8. The van der Waals surface area contributed by atoms with Crippen LogP contribution < -0.4 is 0 Å². The van der Waals surface area contributed by atoms with Crippen molar-refractivity contribution in [2.24, 2.45) is 0 Å². The average Bonchev–Trinajstić information content (AvgIpc) is 3.72. The largest absolute Gasteiger partial charge is 0.455 e. The fourth-order valence-corrected chi connectivity index (χ4v) is 9.45. The molecule has 0 saturated carbocycles. The van der Waals surface area contributed by atoms with Crippen molar-refractivity contribution in [3.8, 4) is 33.5 Å². The van der Waals surface area contributed by atoms with Crippen LogP contribution in [0, 0.1) is 0 Å². The van der Waals surface area contributed by atoms with Crippen molar-refractivity contribution < 1.29 is 4.42 Å². The number of hydrogen-bond donors (Lipinski definition) is 0. The Labute approximate surface area is 311 Å². The molecule has 0 atom stereocenters. The van der Waals surface area contributed by atoms with Crippen LogP contribution in [0.5, 0.6) is 0 Å². The van der Waals surface area contributed by atoms with Gasteiger partial charge in [0.2, 0.25) is 0 Å². The molecule has 1 aliphatic rings. The molecule has 12 rings (SSSR count). The zero-order valence-corrected chi connectivity index (χ0v) is 29.8. The Bertz CT molecular complexity index is 3400. The van der Waals surface area contributed by atoms with Crippen molar-refractivity contribution in [1.29, 1.82) is 0 Å². The van der Waals surface area contributed by atoms with Gasteiger partial charge in [0.25, 0.3) is 0 Å². The topological polar surface area (TPSA) is 38.9 Å². The fourth-order valence-electron chi connectivity index (χ4n) is 9.45. The molecule has 252 valence electrons. The molecule has 0 fully saturated rings. The minimum Gasteiger partial charge on any atom is -0.455 e. The van der Waals surface area contributed by atoms with Crippen LogP contribution >= 0.6 is 0 Å². The van der Waals surface area contributed by atoms with Crippen LogP contribution in [0.15, 0.2) is 162 Å². The molecule has 0 saturated heterocycles. The Morgan fingerprint density at radius 3 is 1.94 bits per heavy atom. The van der Waals surface area contributed by atoms with Crippen molar-refractivity contribution in [2.75, 3.05) is 0 Å². The average molecular weight is 689 g/mol. The molecule has 0 amide bonds. The predicted molar refractivity (Wildman–Crippen MR) is 225 cm³/mol. The molecule has 3 nitrogen and oxygen atoms in total. The SMILES string of the molecule is CC1(C)c2ccccc2-c2c1cc(-c1ccc3c4ccc(-c5ccc6ccc7cccnc7c6n5)cc4c4ccccc4c3c1)c1c2oc2ccccc21. The number of para-hydroxylation sites is 1. The lowest BCUT2D eigenvalue weighted by molar-refractivity contribution is 0.653. The molecule has 0 aliphatic heterocycles. The number of aromatic nitrogens is 2. The summed E-state index contributed by atoms with van der Waals surface area (Å²) in [5.74, 6) is 0. The van der Waals surface area contributed by atoms with E-state index in [0.717, 1.165) is 49.6 Å². The minimum absolute atomic E-state index is 0.158. The maximum Gasteiger partial charge on any atom is 0.144 e. The van der Waals surface area contributed by atoms with Crippen molar-refractivity contribution >= 4 is 76.1 Å². The first-order valence-corrected chi connectivity index (χ1v) is 18.6. The number of nitrogens with zero attached hydrogens (tertiary/aromatic N) is 2. The third-order valence-corrected chi connectivity index (χ3v) is 12.1. The van der Waals surface area contributed by atoms with Gasteiger partial charge in [-0.15, -0.1) is 0 Å². The zero-order chi connectivity index (χ0) is 35.7. The second kappa shape index (κ2) is 10.6. The van der Waals surface area contributed by atoms with Crippen LogP contribution in [0.2, 0.25) is 0 Å². The summed E-state index contributed by atoms with van der Waals surface area (Å²) in [7, 11) is 0. The number of fused-ring (bicyclic) bond motifs is 16. The molecule has 1 aliphatic carbocycles. The molecular weight excluding hydrogens is 657 g/mol. The summed E-state index contributed by atoms with van der Waals surface area (Å²) in [6.45, 7) is 4.69. The summed E-state index contributed by atoms with van der Waals surface area (Å²) in [6.07, 6.45) is 1.85. The summed E-state index contributed by atoms with van der Waals surface area (Å²) in [5.41, 5.74) is 13.2. The standard InChI is InChI=1S/C51H32N2O/c1-51(2)42-15-7-5-13-37(42)47-43(51)28-39(46-38-14-6-8-16-45(38)54-50(46)47)31-19-22-35-36-23-20-32(27-41(36)34-12-4-3-11-33(34)40(35)26-31)44-24-21-30-18-17-29-10-9-25-52-48(29)49(30)53-44/h3-28H,1-2H3. The highest BCUT2D eigenvalue weighted by molar-refractivity contribution is 6.27. The highest BCUT2D eigenvalue weighted by atomic mass is 16.3. The maximum atomic E-state index is 6.81. The van der Waals surface area contributed by atoms with Crippen molar-refractivity contribution in [3.63, 3.8) is 0 Å². The molecule has 3 heterocycles. The Kier molecular flexibility index (Phi) is 5.84. The summed E-state index contributed by atoms with van der Waals surface area (Å²) >= 11 is 0. The van der Waals surface area contributed by atoms with E-state index in [1.807, 2.05) is 12.3 Å². The Balaban J connectivity index is 1.10. The van der Waals surface area contributed by atoms with Crippen molar-refractivity contribution in [2.45, 2.75) is 19.3 Å². The van der Waals surface area contributed by atoms with E-state index in [4.69, 9.17) is 14.4 Å². The first-order valence-electron chi connectivity index (χ1n) is 18.6. The lowest BCUT2D eigenvalue weighted by Crippen LogP contribution is -2.15. The van der Waals surface area contributed by atoms with Crippen LogP contribution in [0.3, 0.4) is 0 Å². The van der Waals surface area contributed by atoms with E-state index in [0.29, 0.717) is 0 Å². The molecular formula is C51H32N2O. The smallest absolute Gasteiger partial charge is 0.144 e. The van der Waals surface area contributed by atoms with E-state index >= 15 is 0 Å². The summed E-state index contributed by atoms with van der Waals surface area (Å²) in [5, 5.41) is 11.9. The summed E-state index contributed by atoms with van der Waals surface area (Å²) in [6, 6.07) is 55.1. The Morgan fingerprint density at radius 1 is 0.481 bits per heavy atom. The Hall–Kier alpha value is -6.84. The van der Waals surface area contributed by atoms with Gasteiger partial charge < -0.3 is 4.42 Å². The number of furan rings is 1. The highest BCUT2D eigenvalue weighted by Gasteiger charge is 2.38. The maximum absolute atomic E-state index is 6.81. The van der Waals surface area contributed by atoms with Crippen LogP contribution in [0.4, 0.5) is 0 Å². The lowest BCUT2D eigenvalue weighted by Gasteiger charge is -2.22. The monoisotopic (exact) mass is 688 g/mol. The molecule has 0 bridgehead atoms. The molecule has 11 aromatic rings. The van der Waals surface area contributed by atoms with Gasteiger partial charge in [-0.05, 0) is 96.5 Å². The zero-order valence-electron chi connectivity index (χ0n) is 29.8. The van der Waals surface area contributed by atoms with E-state index in [1.54, 1.807) is 0 Å². The number of hydrogen-bond acceptors (Lipinski definition) is 3. The minimum atomic E-state index is -0.158. The second-order valence-corrected chi connectivity index (χ2v) is 15.3. The van der Waals surface area contributed by atoms with Gasteiger partial charge in [0, 0.05) is 44.3 Å². The van der Waals surface area contributed by atoms with Gasteiger partial charge >= 0.3 is 0 Å². The van der Waals surface area contributed by atoms with E-state index in [1.165, 1.54) is 71.1 Å². The molecule has 0 unspecified atom stereocenters. The molecule has 0 spiro atoms. The van der Waals surface area contributed by atoms with Crippen molar-refractivity contribution in [1.82, 2.24) is 9.97 Å². The quantitative estimate of drug-likeness (QED) is 0.170. The van der Waals surface area contributed by atoms with Gasteiger partial charge in [0.15, 0.2) is 0 Å². The van der Waals surface area contributed by atoms with E-state index in [-0.39, 0.29) is 5.41 Å². The first kappa shape index (κ1) is 29.7. The van der Waals surface area contributed by atoms with Gasteiger partial charge in [0.1, 0.15) is 11.2 Å². The number of pyridine rings is 2. The number of rotatable bonds is 2. The van der Waals surface area contributed by atoms with Gasteiger partial charge in [-0.3, -0.25) is 4.98 Å². The molecule has 54 heavy (non-hydrogen) atoms. The van der Waals surface area contributed by atoms with Gasteiger partial charge in [0.05, 0.1) is 16.7 Å². The highest BCUT2D eigenvalue weighted by Crippen LogP contribution is 2.55. The molecule has 3 aromatic heterocycles. The summed E-state index contributed by atoms with van der Waals surface area (Å²) in [4.78, 5) is 9.88. The van der Waals surface area contributed by atoms with Crippen LogP contribution in [0.25, 0.3) is 110 Å². The van der Waals surface area contributed by atoms with Gasteiger partial charge in [-0.2, -0.15) is 0 Å². The van der Waals surface area contributed by atoms with Gasteiger partial charge in [-0.25, -0.2) is 4.98 Å². The normalized spacial score (nSPS) is 13.5. The molecule has 3 heteroatoms. The Morgan fingerprint density at radius 2 is 1.13 bits per heavy atom. The third kappa shape index (κ3) is 3.96. The van der Waals surface area contributed by atoms with Crippen molar-refractivity contribution in [3.05, 3.63) is 169 Å². The van der Waals surface area contributed by atoms with Crippen LogP contribution in [0.1, 0.15) is 25.0 Å². The fraction of sp³-hybridized carbons (Fsp3) is 0.0588. The first-order chi connectivity index (χ1) is 26.5. The molecule has 8 aromatic carbocycles.